The van der Waals surface area contributed by atoms with Crippen LogP contribution in [0.4, 0.5) is 0 Å². The molecule has 1 unspecified atom stereocenters. The van der Waals surface area contributed by atoms with Crippen LogP contribution < -0.4 is 0 Å². The smallest absolute Gasteiger partial charge is 0.146 e. The SMILES string of the molecule is CC(=CCl)CC1CSCC1=O. The molecule has 0 aromatic rings. The molecule has 1 saturated heterocycles. The lowest BCUT2D eigenvalue weighted by atomic mass is 10.00. The first kappa shape index (κ1) is 9.14. The van der Waals surface area contributed by atoms with Crippen molar-refractivity contribution in [1.29, 1.82) is 0 Å². The van der Waals surface area contributed by atoms with E-state index in [0.717, 1.165) is 17.7 Å². The molecule has 11 heavy (non-hydrogen) atoms. The third kappa shape index (κ3) is 2.53. The van der Waals surface area contributed by atoms with Gasteiger partial charge in [-0.3, -0.25) is 4.79 Å². The summed E-state index contributed by atoms with van der Waals surface area (Å²) in [7, 11) is 0. The second-order valence-electron chi connectivity index (χ2n) is 2.84. The van der Waals surface area contributed by atoms with E-state index in [1.807, 2.05) is 6.92 Å². The van der Waals surface area contributed by atoms with Gasteiger partial charge in [0.25, 0.3) is 0 Å². The van der Waals surface area contributed by atoms with Crippen molar-refractivity contribution in [3.63, 3.8) is 0 Å². The van der Waals surface area contributed by atoms with E-state index in [0.29, 0.717) is 11.5 Å². The van der Waals surface area contributed by atoms with Gasteiger partial charge in [-0.2, -0.15) is 11.8 Å². The zero-order valence-corrected chi connectivity index (χ0v) is 8.04. The number of thioether (sulfide) groups is 1. The standard InChI is InChI=1S/C8H11ClOS/c1-6(3-9)2-7-4-11-5-8(7)10/h3,7H,2,4-5H2,1H3. The summed E-state index contributed by atoms with van der Waals surface area (Å²) in [6, 6.07) is 0. The number of halogens is 1. The van der Waals surface area contributed by atoms with Gasteiger partial charge in [-0.15, -0.1) is 0 Å². The van der Waals surface area contributed by atoms with Crippen molar-refractivity contribution < 1.29 is 4.79 Å². The molecule has 62 valence electrons. The minimum absolute atomic E-state index is 0.231. The van der Waals surface area contributed by atoms with E-state index in [1.165, 1.54) is 0 Å². The molecule has 0 saturated carbocycles. The second kappa shape index (κ2) is 4.17. The molecule has 1 heterocycles. The minimum atomic E-state index is 0.231. The van der Waals surface area contributed by atoms with Gasteiger partial charge in [0.15, 0.2) is 0 Å². The molecule has 0 aliphatic carbocycles. The fraction of sp³-hybridized carbons (Fsp3) is 0.625. The van der Waals surface area contributed by atoms with Crippen molar-refractivity contribution in [3.8, 4) is 0 Å². The molecule has 0 aromatic heterocycles. The van der Waals surface area contributed by atoms with Crippen LogP contribution in [-0.2, 0) is 4.79 Å². The summed E-state index contributed by atoms with van der Waals surface area (Å²) in [5.41, 5.74) is 2.67. The van der Waals surface area contributed by atoms with Crippen molar-refractivity contribution in [3.05, 3.63) is 11.1 Å². The summed E-state index contributed by atoms with van der Waals surface area (Å²) in [5.74, 6) is 2.28. The number of carbonyl (C=O) groups is 1. The maximum Gasteiger partial charge on any atom is 0.146 e. The lowest BCUT2D eigenvalue weighted by Gasteiger charge is -2.04. The Kier molecular flexibility index (Phi) is 3.46. The number of rotatable bonds is 2. The van der Waals surface area contributed by atoms with Crippen LogP contribution in [0.15, 0.2) is 11.1 Å². The Morgan fingerprint density at radius 3 is 3.09 bits per heavy atom. The third-order valence-corrected chi connectivity index (χ3v) is 3.27. The van der Waals surface area contributed by atoms with E-state index < -0.39 is 0 Å². The van der Waals surface area contributed by atoms with E-state index >= 15 is 0 Å². The zero-order valence-electron chi connectivity index (χ0n) is 6.47. The fourth-order valence-corrected chi connectivity index (χ4v) is 2.35. The topological polar surface area (TPSA) is 17.1 Å². The molecule has 0 radical (unpaired) electrons. The predicted octanol–water partition coefficient (Wildman–Crippen LogP) is 2.45. The molecular formula is C8H11ClOS. The number of ketones is 1. The highest BCUT2D eigenvalue weighted by atomic mass is 35.5. The van der Waals surface area contributed by atoms with Crippen LogP contribution in [0.1, 0.15) is 13.3 Å². The van der Waals surface area contributed by atoms with Gasteiger partial charge < -0.3 is 0 Å². The van der Waals surface area contributed by atoms with Crippen molar-refractivity contribution in [2.75, 3.05) is 11.5 Å². The Morgan fingerprint density at radius 2 is 2.64 bits per heavy atom. The highest BCUT2D eigenvalue weighted by molar-refractivity contribution is 8.00. The zero-order chi connectivity index (χ0) is 8.27. The Morgan fingerprint density at radius 1 is 1.91 bits per heavy atom. The lowest BCUT2D eigenvalue weighted by molar-refractivity contribution is -0.119. The summed E-state index contributed by atoms with van der Waals surface area (Å²) in [6.45, 7) is 1.96. The van der Waals surface area contributed by atoms with E-state index in [9.17, 15) is 4.79 Å². The van der Waals surface area contributed by atoms with Gasteiger partial charge in [-0.1, -0.05) is 17.2 Å². The molecule has 0 amide bonds. The van der Waals surface area contributed by atoms with Crippen LogP contribution in [0.5, 0.6) is 0 Å². The second-order valence-corrected chi connectivity index (χ2v) is 4.09. The number of hydrogen-bond donors (Lipinski definition) is 0. The Bertz CT molecular complexity index is 189. The highest BCUT2D eigenvalue weighted by Gasteiger charge is 2.24. The van der Waals surface area contributed by atoms with Crippen LogP contribution in [-0.4, -0.2) is 17.3 Å². The van der Waals surface area contributed by atoms with Gasteiger partial charge >= 0.3 is 0 Å². The van der Waals surface area contributed by atoms with E-state index in [1.54, 1.807) is 17.3 Å². The van der Waals surface area contributed by atoms with Gasteiger partial charge in [-0.25, -0.2) is 0 Å². The lowest BCUT2D eigenvalue weighted by Crippen LogP contribution is -2.10. The van der Waals surface area contributed by atoms with Gasteiger partial charge in [0.2, 0.25) is 0 Å². The van der Waals surface area contributed by atoms with Crippen molar-refractivity contribution in [2.24, 2.45) is 5.92 Å². The molecule has 3 heteroatoms. The summed E-state index contributed by atoms with van der Waals surface area (Å²) >= 11 is 7.22. The molecular weight excluding hydrogens is 180 g/mol. The third-order valence-electron chi connectivity index (χ3n) is 1.77. The van der Waals surface area contributed by atoms with Gasteiger partial charge in [-0.05, 0) is 13.3 Å². The van der Waals surface area contributed by atoms with E-state index in [-0.39, 0.29) is 5.92 Å². The molecule has 1 nitrogen and oxygen atoms in total. The first-order chi connectivity index (χ1) is 5.24. The molecule has 1 aliphatic rings. The Labute approximate surface area is 76.2 Å². The van der Waals surface area contributed by atoms with Crippen LogP contribution in [0.25, 0.3) is 0 Å². The fourth-order valence-electron chi connectivity index (χ4n) is 1.12. The first-order valence-corrected chi connectivity index (χ1v) is 5.19. The van der Waals surface area contributed by atoms with E-state index in [4.69, 9.17) is 11.6 Å². The van der Waals surface area contributed by atoms with Crippen LogP contribution in [0.3, 0.4) is 0 Å². The number of Topliss-reactive ketones (excluding diaryl/α,β-unsaturated/α-hetero) is 1. The van der Waals surface area contributed by atoms with Crippen molar-refractivity contribution >= 4 is 29.1 Å². The minimum Gasteiger partial charge on any atom is -0.298 e. The molecule has 0 spiro atoms. The number of hydrogen-bond acceptors (Lipinski definition) is 2. The van der Waals surface area contributed by atoms with Crippen molar-refractivity contribution in [2.45, 2.75) is 13.3 Å². The maximum absolute atomic E-state index is 11.1. The summed E-state index contributed by atoms with van der Waals surface area (Å²) in [6.07, 6.45) is 0.843. The molecule has 1 aliphatic heterocycles. The molecule has 1 fully saturated rings. The average molecular weight is 191 g/mol. The summed E-state index contributed by atoms with van der Waals surface area (Å²) in [5, 5.41) is 0. The van der Waals surface area contributed by atoms with Gasteiger partial charge in [0.1, 0.15) is 5.78 Å². The normalized spacial score (nSPS) is 26.2. The van der Waals surface area contributed by atoms with Crippen LogP contribution in [0.2, 0.25) is 0 Å². The maximum atomic E-state index is 11.1. The van der Waals surface area contributed by atoms with Crippen LogP contribution in [0, 0.1) is 5.92 Å². The molecule has 0 N–H and O–H groups in total. The highest BCUT2D eigenvalue weighted by Crippen LogP contribution is 2.25. The number of carbonyl (C=O) groups excluding carboxylic acids is 1. The Hall–Kier alpha value is 0.0500. The van der Waals surface area contributed by atoms with E-state index in [2.05, 4.69) is 0 Å². The Balaban J connectivity index is 2.43. The molecule has 1 rings (SSSR count). The average Bonchev–Trinajstić information content (AvgIpc) is 2.37. The first-order valence-electron chi connectivity index (χ1n) is 3.60. The monoisotopic (exact) mass is 190 g/mol. The molecule has 1 atom stereocenters. The van der Waals surface area contributed by atoms with Crippen LogP contribution >= 0.6 is 23.4 Å². The molecule has 0 aromatic carbocycles. The van der Waals surface area contributed by atoms with Gasteiger partial charge in [0.05, 0.1) is 5.75 Å². The quantitative estimate of drug-likeness (QED) is 0.666. The predicted molar refractivity (Wildman–Crippen MR) is 50.0 cm³/mol. The largest absolute Gasteiger partial charge is 0.298 e. The van der Waals surface area contributed by atoms with Crippen molar-refractivity contribution in [1.82, 2.24) is 0 Å². The summed E-state index contributed by atoms with van der Waals surface area (Å²) in [4.78, 5) is 11.1. The van der Waals surface area contributed by atoms with Gasteiger partial charge in [0, 0.05) is 17.2 Å². The molecule has 0 bridgehead atoms. The summed E-state index contributed by atoms with van der Waals surface area (Å²) < 4.78 is 0. The number of allylic oxidation sites excluding steroid dienone is 1.